The van der Waals surface area contributed by atoms with Crippen molar-refractivity contribution in [3.05, 3.63) is 59.9 Å². The van der Waals surface area contributed by atoms with Crippen molar-refractivity contribution >= 4 is 16.1 Å². The molecule has 6 nitrogen and oxygen atoms in total. The van der Waals surface area contributed by atoms with Crippen LogP contribution < -0.4 is 4.72 Å². The van der Waals surface area contributed by atoms with Gasteiger partial charge in [0.25, 0.3) is 0 Å². The maximum absolute atomic E-state index is 13.7. The largest absolute Gasteiger partial charge is 0.323 e. The van der Waals surface area contributed by atoms with E-state index in [0.29, 0.717) is 24.8 Å². The molecule has 2 aliphatic heterocycles. The Labute approximate surface area is 188 Å². The number of urea groups is 1. The van der Waals surface area contributed by atoms with Crippen molar-refractivity contribution in [3.8, 4) is 11.1 Å². The van der Waals surface area contributed by atoms with E-state index in [1.54, 1.807) is 6.07 Å². The third-order valence-electron chi connectivity index (χ3n) is 6.97. The number of hydrogen-bond donors (Lipinski definition) is 1. The SMILES string of the molecule is CS(=O)(=O)N[C@H]1CCN(C(=O)N2CC3(CC3)C2)[C@H]1Cc1cccc(-c2cccc(F)c2)c1. The molecule has 2 heterocycles. The first-order chi connectivity index (χ1) is 15.2. The molecule has 3 aliphatic rings. The van der Waals surface area contributed by atoms with Crippen LogP contribution >= 0.6 is 0 Å². The Morgan fingerprint density at radius 3 is 2.47 bits per heavy atom. The molecule has 1 spiro atoms. The van der Waals surface area contributed by atoms with Crippen molar-refractivity contribution in [3.63, 3.8) is 0 Å². The van der Waals surface area contributed by atoms with Crippen molar-refractivity contribution < 1.29 is 17.6 Å². The lowest BCUT2D eigenvalue weighted by Gasteiger charge is -2.43. The lowest BCUT2D eigenvalue weighted by Crippen LogP contribution is -2.58. The van der Waals surface area contributed by atoms with Crippen LogP contribution in [0.15, 0.2) is 48.5 Å². The number of hydrogen-bond acceptors (Lipinski definition) is 3. The van der Waals surface area contributed by atoms with Gasteiger partial charge in [-0.2, -0.15) is 0 Å². The minimum atomic E-state index is -3.40. The van der Waals surface area contributed by atoms with E-state index in [9.17, 15) is 17.6 Å². The Kier molecular flexibility index (Phi) is 5.25. The van der Waals surface area contributed by atoms with Gasteiger partial charge in [0.2, 0.25) is 10.0 Å². The van der Waals surface area contributed by atoms with E-state index in [1.165, 1.54) is 25.0 Å². The fourth-order valence-electron chi connectivity index (χ4n) is 5.12. The molecule has 2 amide bonds. The maximum Gasteiger partial charge on any atom is 0.320 e. The molecule has 0 radical (unpaired) electrons. The van der Waals surface area contributed by atoms with Gasteiger partial charge in [-0.1, -0.05) is 36.4 Å². The Morgan fingerprint density at radius 1 is 1.12 bits per heavy atom. The predicted molar refractivity (Wildman–Crippen MR) is 121 cm³/mol. The molecule has 0 aromatic heterocycles. The van der Waals surface area contributed by atoms with Crippen LogP contribution in [0.3, 0.4) is 0 Å². The third kappa shape index (κ3) is 4.38. The highest BCUT2D eigenvalue weighted by molar-refractivity contribution is 7.88. The molecule has 8 heteroatoms. The van der Waals surface area contributed by atoms with Gasteiger partial charge in [-0.3, -0.25) is 0 Å². The molecule has 2 saturated heterocycles. The first-order valence-corrected chi connectivity index (χ1v) is 13.0. The van der Waals surface area contributed by atoms with Crippen LogP contribution in [0.2, 0.25) is 0 Å². The number of benzene rings is 2. The van der Waals surface area contributed by atoms with E-state index in [2.05, 4.69) is 4.72 Å². The van der Waals surface area contributed by atoms with Crippen LogP contribution in [0.1, 0.15) is 24.8 Å². The Bertz CT molecular complexity index is 1140. The molecule has 5 rings (SSSR count). The second kappa shape index (κ2) is 7.85. The lowest BCUT2D eigenvalue weighted by molar-refractivity contribution is 0.0750. The van der Waals surface area contributed by atoms with Crippen LogP contribution in [0.4, 0.5) is 9.18 Å². The summed E-state index contributed by atoms with van der Waals surface area (Å²) in [6.07, 6.45) is 4.68. The smallest absolute Gasteiger partial charge is 0.320 e. The molecular weight excluding hydrogens is 429 g/mol. The van der Waals surface area contributed by atoms with Gasteiger partial charge in [-0.25, -0.2) is 22.3 Å². The van der Waals surface area contributed by atoms with Crippen LogP contribution in [0.25, 0.3) is 11.1 Å². The van der Waals surface area contributed by atoms with E-state index in [0.717, 1.165) is 36.0 Å². The van der Waals surface area contributed by atoms with E-state index in [1.807, 2.05) is 40.1 Å². The number of rotatable bonds is 5. The number of carbonyl (C=O) groups excluding carboxylic acids is 1. The number of sulfonamides is 1. The predicted octanol–water partition coefficient (Wildman–Crippen LogP) is 3.24. The van der Waals surface area contributed by atoms with Crippen molar-refractivity contribution in [2.45, 2.75) is 37.8 Å². The van der Waals surface area contributed by atoms with Crippen molar-refractivity contribution in [1.82, 2.24) is 14.5 Å². The van der Waals surface area contributed by atoms with E-state index in [4.69, 9.17) is 0 Å². The zero-order valence-corrected chi connectivity index (χ0v) is 18.9. The summed E-state index contributed by atoms with van der Waals surface area (Å²) in [5.41, 5.74) is 3.03. The number of nitrogens with zero attached hydrogens (tertiary/aromatic N) is 2. The molecular formula is C24H28FN3O3S. The molecule has 2 aromatic carbocycles. The Balaban J connectivity index is 1.38. The van der Waals surface area contributed by atoms with Crippen LogP contribution in [-0.4, -0.2) is 62.2 Å². The molecule has 2 aromatic rings. The standard InChI is InChI=1S/C24H28FN3O3S/c1-32(30,31)26-21-8-11-28(23(29)27-15-24(16-27)9-10-24)22(21)13-17-4-2-5-18(12-17)19-6-3-7-20(25)14-19/h2-7,12,14,21-22,26H,8-11,13,15-16H2,1H3/t21-,22-/m0/s1. The number of likely N-dealkylation sites (tertiary alicyclic amines) is 2. The van der Waals surface area contributed by atoms with E-state index < -0.39 is 10.0 Å². The van der Waals surface area contributed by atoms with Crippen molar-refractivity contribution in [2.75, 3.05) is 25.9 Å². The summed E-state index contributed by atoms with van der Waals surface area (Å²) in [5, 5.41) is 0. The molecule has 170 valence electrons. The Hall–Kier alpha value is -2.45. The molecule has 1 aliphatic carbocycles. The number of amides is 2. The van der Waals surface area contributed by atoms with Crippen LogP contribution in [0, 0.1) is 11.2 Å². The molecule has 32 heavy (non-hydrogen) atoms. The highest BCUT2D eigenvalue weighted by atomic mass is 32.2. The second-order valence-corrected chi connectivity index (χ2v) is 11.4. The van der Waals surface area contributed by atoms with Crippen LogP contribution in [0.5, 0.6) is 0 Å². The van der Waals surface area contributed by atoms with Gasteiger partial charge in [-0.05, 0) is 54.5 Å². The summed E-state index contributed by atoms with van der Waals surface area (Å²) in [4.78, 5) is 16.9. The molecule has 3 fully saturated rings. The minimum absolute atomic E-state index is 0.00612. The average Bonchev–Trinajstić information content (AvgIpc) is 3.44. The first kappa shape index (κ1) is 21.4. The molecule has 1 N–H and O–H groups in total. The van der Waals surface area contributed by atoms with Gasteiger partial charge >= 0.3 is 6.03 Å². The van der Waals surface area contributed by atoms with E-state index in [-0.39, 0.29) is 23.9 Å². The summed E-state index contributed by atoms with van der Waals surface area (Å²) in [5.74, 6) is -0.291. The summed E-state index contributed by atoms with van der Waals surface area (Å²) >= 11 is 0. The first-order valence-electron chi connectivity index (χ1n) is 11.1. The topological polar surface area (TPSA) is 69.7 Å². The van der Waals surface area contributed by atoms with Gasteiger partial charge in [0.1, 0.15) is 5.82 Å². The maximum atomic E-state index is 13.7. The number of nitrogens with one attached hydrogen (secondary N) is 1. The fraction of sp³-hybridized carbons (Fsp3) is 0.458. The quantitative estimate of drug-likeness (QED) is 0.750. The molecule has 1 saturated carbocycles. The minimum Gasteiger partial charge on any atom is -0.323 e. The lowest BCUT2D eigenvalue weighted by atomic mass is 9.96. The zero-order chi connectivity index (χ0) is 22.5. The summed E-state index contributed by atoms with van der Waals surface area (Å²) in [6, 6.07) is 13.7. The van der Waals surface area contributed by atoms with Gasteiger partial charge < -0.3 is 9.80 Å². The highest BCUT2D eigenvalue weighted by Crippen LogP contribution is 2.53. The molecule has 2 atom stereocenters. The fourth-order valence-corrected chi connectivity index (χ4v) is 5.94. The van der Waals surface area contributed by atoms with E-state index >= 15 is 0 Å². The Morgan fingerprint density at radius 2 is 1.81 bits per heavy atom. The summed E-state index contributed by atoms with van der Waals surface area (Å²) in [7, 11) is -3.40. The van der Waals surface area contributed by atoms with Crippen LogP contribution in [-0.2, 0) is 16.4 Å². The summed E-state index contributed by atoms with van der Waals surface area (Å²) in [6.45, 7) is 2.16. The van der Waals surface area contributed by atoms with Gasteiger partial charge in [0, 0.05) is 31.1 Å². The van der Waals surface area contributed by atoms with Gasteiger partial charge in [-0.15, -0.1) is 0 Å². The van der Waals surface area contributed by atoms with Crippen molar-refractivity contribution in [2.24, 2.45) is 5.41 Å². The monoisotopic (exact) mass is 457 g/mol. The normalized spacial score (nSPS) is 23.9. The second-order valence-electron chi connectivity index (χ2n) is 9.60. The van der Waals surface area contributed by atoms with Gasteiger partial charge in [0.05, 0.1) is 12.3 Å². The number of carbonyl (C=O) groups is 1. The highest BCUT2D eigenvalue weighted by Gasteiger charge is 2.55. The summed E-state index contributed by atoms with van der Waals surface area (Å²) < 4.78 is 40.4. The molecule has 0 unspecified atom stereocenters. The molecule has 0 bridgehead atoms. The van der Waals surface area contributed by atoms with Gasteiger partial charge in [0.15, 0.2) is 0 Å². The third-order valence-corrected chi connectivity index (χ3v) is 7.70. The van der Waals surface area contributed by atoms with Crippen molar-refractivity contribution in [1.29, 1.82) is 0 Å². The number of halogens is 1. The zero-order valence-electron chi connectivity index (χ0n) is 18.1. The average molecular weight is 458 g/mol.